The van der Waals surface area contributed by atoms with Gasteiger partial charge in [0.2, 0.25) is 5.91 Å². The van der Waals surface area contributed by atoms with Gasteiger partial charge in [-0.05, 0) is 49.4 Å². The first-order valence-corrected chi connectivity index (χ1v) is 8.93. The molecule has 0 heterocycles. The SMILES string of the molecule is CCOc1ccc(CN(C)CC(=O)NCc2ccc(OC)c(OC)c2)cc1. The fraction of sp³-hybridized carbons (Fsp3) is 0.381. The van der Waals surface area contributed by atoms with E-state index in [-0.39, 0.29) is 5.91 Å². The van der Waals surface area contributed by atoms with Gasteiger partial charge < -0.3 is 19.5 Å². The highest BCUT2D eigenvalue weighted by molar-refractivity contribution is 5.78. The van der Waals surface area contributed by atoms with Crippen molar-refractivity contribution in [3.05, 3.63) is 53.6 Å². The molecule has 2 rings (SSSR count). The van der Waals surface area contributed by atoms with Crippen molar-refractivity contribution in [3.63, 3.8) is 0 Å². The molecule has 2 aromatic rings. The van der Waals surface area contributed by atoms with Crippen LogP contribution in [0, 0.1) is 0 Å². The topological polar surface area (TPSA) is 60.0 Å². The van der Waals surface area contributed by atoms with Gasteiger partial charge in [0, 0.05) is 13.1 Å². The van der Waals surface area contributed by atoms with Crippen LogP contribution in [0.3, 0.4) is 0 Å². The molecule has 27 heavy (non-hydrogen) atoms. The van der Waals surface area contributed by atoms with Gasteiger partial charge in [-0.15, -0.1) is 0 Å². The molecule has 146 valence electrons. The van der Waals surface area contributed by atoms with E-state index < -0.39 is 0 Å². The largest absolute Gasteiger partial charge is 0.494 e. The quantitative estimate of drug-likeness (QED) is 0.695. The number of ether oxygens (including phenoxy) is 3. The van der Waals surface area contributed by atoms with Crippen molar-refractivity contribution < 1.29 is 19.0 Å². The zero-order valence-corrected chi connectivity index (χ0v) is 16.5. The molecule has 0 aliphatic rings. The van der Waals surface area contributed by atoms with E-state index in [2.05, 4.69) is 5.32 Å². The summed E-state index contributed by atoms with van der Waals surface area (Å²) in [6.45, 7) is 4.06. The molecule has 0 radical (unpaired) electrons. The van der Waals surface area contributed by atoms with Gasteiger partial charge in [-0.2, -0.15) is 0 Å². The molecule has 0 atom stereocenters. The summed E-state index contributed by atoms with van der Waals surface area (Å²) >= 11 is 0. The fourth-order valence-corrected chi connectivity index (χ4v) is 2.72. The average Bonchev–Trinajstić information content (AvgIpc) is 2.67. The highest BCUT2D eigenvalue weighted by atomic mass is 16.5. The van der Waals surface area contributed by atoms with Gasteiger partial charge in [0.15, 0.2) is 11.5 Å². The highest BCUT2D eigenvalue weighted by Gasteiger charge is 2.09. The lowest BCUT2D eigenvalue weighted by Crippen LogP contribution is -2.34. The molecule has 0 aromatic heterocycles. The van der Waals surface area contributed by atoms with Crippen LogP contribution in [-0.4, -0.2) is 45.2 Å². The van der Waals surface area contributed by atoms with Crippen molar-refractivity contribution in [2.45, 2.75) is 20.0 Å². The van der Waals surface area contributed by atoms with Crippen LogP contribution in [0.25, 0.3) is 0 Å². The highest BCUT2D eigenvalue weighted by Crippen LogP contribution is 2.27. The smallest absolute Gasteiger partial charge is 0.234 e. The number of nitrogens with one attached hydrogen (secondary N) is 1. The van der Waals surface area contributed by atoms with Crippen molar-refractivity contribution in [1.29, 1.82) is 0 Å². The monoisotopic (exact) mass is 372 g/mol. The molecule has 0 saturated carbocycles. The van der Waals surface area contributed by atoms with E-state index in [4.69, 9.17) is 14.2 Å². The molecular weight excluding hydrogens is 344 g/mol. The van der Waals surface area contributed by atoms with E-state index in [9.17, 15) is 4.79 Å². The molecule has 0 aliphatic heterocycles. The van der Waals surface area contributed by atoms with Gasteiger partial charge in [-0.25, -0.2) is 0 Å². The third-order valence-electron chi connectivity index (χ3n) is 4.04. The first-order valence-electron chi connectivity index (χ1n) is 8.93. The van der Waals surface area contributed by atoms with Crippen LogP contribution >= 0.6 is 0 Å². The predicted molar refractivity (Wildman–Crippen MR) is 105 cm³/mol. The van der Waals surface area contributed by atoms with Crippen LogP contribution in [0.2, 0.25) is 0 Å². The van der Waals surface area contributed by atoms with E-state index in [0.717, 1.165) is 16.9 Å². The predicted octanol–water partition coefficient (Wildman–Crippen LogP) is 2.85. The summed E-state index contributed by atoms with van der Waals surface area (Å²) in [6, 6.07) is 13.5. The Bertz CT molecular complexity index is 731. The zero-order chi connectivity index (χ0) is 19.6. The number of amides is 1. The van der Waals surface area contributed by atoms with Gasteiger partial charge in [0.05, 0.1) is 27.4 Å². The molecule has 6 nitrogen and oxygen atoms in total. The summed E-state index contributed by atoms with van der Waals surface area (Å²) in [7, 11) is 5.11. The zero-order valence-electron chi connectivity index (χ0n) is 16.5. The van der Waals surface area contributed by atoms with E-state index >= 15 is 0 Å². The normalized spacial score (nSPS) is 10.6. The number of nitrogens with zero attached hydrogens (tertiary/aromatic N) is 1. The molecule has 0 unspecified atom stereocenters. The molecule has 1 N–H and O–H groups in total. The van der Waals surface area contributed by atoms with Gasteiger partial charge in [-0.3, -0.25) is 9.69 Å². The minimum absolute atomic E-state index is 0.0294. The minimum Gasteiger partial charge on any atom is -0.494 e. The lowest BCUT2D eigenvalue weighted by atomic mass is 10.2. The minimum atomic E-state index is -0.0294. The van der Waals surface area contributed by atoms with E-state index in [1.54, 1.807) is 14.2 Å². The van der Waals surface area contributed by atoms with E-state index in [0.29, 0.717) is 37.7 Å². The van der Waals surface area contributed by atoms with Crippen LogP contribution in [0.5, 0.6) is 17.2 Å². The fourth-order valence-electron chi connectivity index (χ4n) is 2.72. The van der Waals surface area contributed by atoms with E-state index in [1.165, 1.54) is 0 Å². The van der Waals surface area contributed by atoms with Crippen molar-refractivity contribution in [2.75, 3.05) is 34.4 Å². The Morgan fingerprint density at radius 3 is 2.30 bits per heavy atom. The summed E-state index contributed by atoms with van der Waals surface area (Å²) < 4.78 is 15.9. The van der Waals surface area contributed by atoms with Crippen molar-refractivity contribution in [2.24, 2.45) is 0 Å². The van der Waals surface area contributed by atoms with Gasteiger partial charge in [-0.1, -0.05) is 18.2 Å². The number of carbonyl (C=O) groups excluding carboxylic acids is 1. The standard InChI is InChI=1S/C21H28N2O4/c1-5-27-18-9-6-16(7-10-18)14-23(2)15-21(24)22-13-17-8-11-19(25-3)20(12-17)26-4/h6-12H,5,13-15H2,1-4H3,(H,22,24). The Kier molecular flexibility index (Phi) is 7.95. The average molecular weight is 372 g/mol. The summed E-state index contributed by atoms with van der Waals surface area (Å²) in [5.41, 5.74) is 2.09. The molecular formula is C21H28N2O4. The lowest BCUT2D eigenvalue weighted by Gasteiger charge is -2.17. The Balaban J connectivity index is 1.81. The second-order valence-corrected chi connectivity index (χ2v) is 6.22. The van der Waals surface area contributed by atoms with Gasteiger partial charge in [0.1, 0.15) is 5.75 Å². The number of methoxy groups -OCH3 is 2. The Morgan fingerprint density at radius 1 is 1.00 bits per heavy atom. The molecule has 0 aliphatic carbocycles. The number of likely N-dealkylation sites (N-methyl/N-ethyl adjacent to an activating group) is 1. The molecule has 0 bridgehead atoms. The maximum absolute atomic E-state index is 12.2. The maximum atomic E-state index is 12.2. The van der Waals surface area contributed by atoms with Crippen LogP contribution in [-0.2, 0) is 17.9 Å². The van der Waals surface area contributed by atoms with Crippen LogP contribution in [0.4, 0.5) is 0 Å². The molecule has 6 heteroatoms. The van der Waals surface area contributed by atoms with Gasteiger partial charge >= 0.3 is 0 Å². The number of benzene rings is 2. The Labute approximate surface area is 161 Å². The number of hydrogen-bond donors (Lipinski definition) is 1. The molecule has 1 amide bonds. The number of rotatable bonds is 10. The third kappa shape index (κ3) is 6.49. The van der Waals surface area contributed by atoms with E-state index in [1.807, 2.05) is 61.3 Å². The van der Waals surface area contributed by atoms with Crippen LogP contribution in [0.15, 0.2) is 42.5 Å². The van der Waals surface area contributed by atoms with Gasteiger partial charge in [0.25, 0.3) is 0 Å². The maximum Gasteiger partial charge on any atom is 0.234 e. The van der Waals surface area contributed by atoms with Crippen molar-refractivity contribution in [3.8, 4) is 17.2 Å². The second kappa shape index (κ2) is 10.4. The summed E-state index contributed by atoms with van der Waals surface area (Å²) in [5.74, 6) is 2.15. The molecule has 0 saturated heterocycles. The third-order valence-corrected chi connectivity index (χ3v) is 4.04. The van der Waals surface area contributed by atoms with Crippen LogP contribution < -0.4 is 19.5 Å². The van der Waals surface area contributed by atoms with Crippen molar-refractivity contribution in [1.82, 2.24) is 10.2 Å². The molecule has 0 fully saturated rings. The first-order chi connectivity index (χ1) is 13.0. The Morgan fingerprint density at radius 2 is 1.67 bits per heavy atom. The summed E-state index contributed by atoms with van der Waals surface area (Å²) in [4.78, 5) is 14.2. The summed E-state index contributed by atoms with van der Waals surface area (Å²) in [5, 5.41) is 2.93. The van der Waals surface area contributed by atoms with Crippen molar-refractivity contribution >= 4 is 5.91 Å². The van der Waals surface area contributed by atoms with Crippen LogP contribution in [0.1, 0.15) is 18.1 Å². The second-order valence-electron chi connectivity index (χ2n) is 6.22. The number of hydrogen-bond acceptors (Lipinski definition) is 5. The Hall–Kier alpha value is -2.73. The molecule has 2 aromatic carbocycles. The lowest BCUT2D eigenvalue weighted by molar-refractivity contribution is -0.122. The molecule has 0 spiro atoms. The number of carbonyl (C=O) groups is 1. The first kappa shape index (κ1) is 20.6. The summed E-state index contributed by atoms with van der Waals surface area (Å²) in [6.07, 6.45) is 0.